The van der Waals surface area contributed by atoms with Gasteiger partial charge < -0.3 is 20.7 Å². The molecule has 5 rings (SSSR count). The molecule has 0 fully saturated rings. The quantitative estimate of drug-likeness (QED) is 0.0972. The molecule has 1 heterocycles. The first-order valence-corrected chi connectivity index (χ1v) is 16.2. The highest BCUT2D eigenvalue weighted by atomic mass is 35.5. The van der Waals surface area contributed by atoms with E-state index in [2.05, 4.69) is 20.9 Å². The van der Waals surface area contributed by atoms with Crippen LogP contribution in [0.25, 0.3) is 17.3 Å². The van der Waals surface area contributed by atoms with Gasteiger partial charge in [0.15, 0.2) is 5.13 Å². The van der Waals surface area contributed by atoms with Crippen LogP contribution in [0.5, 0.6) is 5.75 Å². The van der Waals surface area contributed by atoms with E-state index >= 15 is 0 Å². The van der Waals surface area contributed by atoms with Crippen LogP contribution in [0.2, 0.25) is 5.02 Å². The summed E-state index contributed by atoms with van der Waals surface area (Å²) < 4.78 is 5.22. The van der Waals surface area contributed by atoms with Crippen LogP contribution in [0.1, 0.15) is 22.8 Å². The van der Waals surface area contributed by atoms with Gasteiger partial charge in [-0.3, -0.25) is 14.4 Å². The molecule has 3 N–H and O–H groups in total. The summed E-state index contributed by atoms with van der Waals surface area (Å²) in [5.41, 5.74) is 3.34. The number of carbonyl (C=O) groups excluding carboxylic acids is 3. The zero-order valence-corrected chi connectivity index (χ0v) is 27.2. The van der Waals surface area contributed by atoms with E-state index in [0.29, 0.717) is 32.7 Å². The Balaban J connectivity index is 1.25. The van der Waals surface area contributed by atoms with Crippen LogP contribution >= 0.6 is 34.7 Å². The molecule has 232 valence electrons. The fraction of sp³-hybridized carbons (Fsp3) is 0.0857. The van der Waals surface area contributed by atoms with Gasteiger partial charge in [-0.15, -0.1) is 23.1 Å². The number of amides is 3. The fourth-order valence-electron chi connectivity index (χ4n) is 4.20. The zero-order valence-electron chi connectivity index (χ0n) is 24.8. The molecule has 8 nitrogen and oxygen atoms in total. The maximum absolute atomic E-state index is 13.5. The first-order chi connectivity index (χ1) is 22.3. The molecule has 0 saturated heterocycles. The molecule has 3 amide bonds. The maximum atomic E-state index is 13.5. The maximum Gasteiger partial charge on any atom is 0.272 e. The van der Waals surface area contributed by atoms with Crippen molar-refractivity contribution in [2.24, 2.45) is 0 Å². The minimum absolute atomic E-state index is 0.0613. The highest BCUT2D eigenvalue weighted by molar-refractivity contribution is 8.00. The summed E-state index contributed by atoms with van der Waals surface area (Å²) in [6, 6.07) is 30.3. The van der Waals surface area contributed by atoms with Crippen molar-refractivity contribution in [3.63, 3.8) is 0 Å². The monoisotopic (exact) mass is 668 g/mol. The Kier molecular flexibility index (Phi) is 10.9. The van der Waals surface area contributed by atoms with E-state index in [1.54, 1.807) is 99.0 Å². The smallest absolute Gasteiger partial charge is 0.272 e. The molecule has 0 aliphatic carbocycles. The minimum atomic E-state index is -0.506. The second kappa shape index (κ2) is 15.4. The SMILES string of the molecule is COc1ccc(/C=C(/NC(=O)c2ccccc2)C(=O)Nc2cccc(SC(C)C(=O)Nc3nc(-c4ccc(Cl)cc4)cs3)c2)cc1. The predicted molar refractivity (Wildman–Crippen MR) is 186 cm³/mol. The standard InChI is InChI=1S/C35H29ClN4O4S2/c1-22(32(41)40-35-39-31(21-45-35)24-13-15-26(36)16-14-24)46-29-10-6-9-27(20-29)37-34(43)30(19-23-11-17-28(44-2)18-12-23)38-33(42)25-7-4-3-5-8-25/h3-22H,1-2H3,(H,37,43)(H,38,42)(H,39,40,41)/b30-19+. The van der Waals surface area contributed by atoms with E-state index in [1.807, 2.05) is 29.6 Å². The van der Waals surface area contributed by atoms with Crippen molar-refractivity contribution in [2.45, 2.75) is 17.1 Å². The summed E-state index contributed by atoms with van der Waals surface area (Å²) in [5, 5.41) is 11.1. The lowest BCUT2D eigenvalue weighted by atomic mass is 10.1. The van der Waals surface area contributed by atoms with Crippen molar-refractivity contribution >= 4 is 69.3 Å². The summed E-state index contributed by atoms with van der Waals surface area (Å²) in [4.78, 5) is 44.7. The van der Waals surface area contributed by atoms with Gasteiger partial charge in [0.25, 0.3) is 11.8 Å². The van der Waals surface area contributed by atoms with E-state index in [4.69, 9.17) is 16.3 Å². The molecule has 0 aliphatic heterocycles. The average Bonchev–Trinajstić information content (AvgIpc) is 3.54. The number of benzene rings is 4. The second-order valence-corrected chi connectivity index (χ2v) is 12.6. The van der Waals surface area contributed by atoms with Gasteiger partial charge in [0, 0.05) is 32.1 Å². The molecule has 46 heavy (non-hydrogen) atoms. The Labute approximate surface area is 279 Å². The fourth-order valence-corrected chi connectivity index (χ4v) is 5.98. The average molecular weight is 669 g/mol. The lowest BCUT2D eigenvalue weighted by Crippen LogP contribution is -2.30. The summed E-state index contributed by atoms with van der Waals surface area (Å²) in [6.07, 6.45) is 1.59. The Hall–Kier alpha value is -4.90. The van der Waals surface area contributed by atoms with Crippen molar-refractivity contribution in [3.05, 3.63) is 130 Å². The molecular weight excluding hydrogens is 640 g/mol. The molecule has 5 aromatic rings. The van der Waals surface area contributed by atoms with Crippen LogP contribution in [0.3, 0.4) is 0 Å². The topological polar surface area (TPSA) is 109 Å². The molecule has 0 radical (unpaired) electrons. The summed E-state index contributed by atoms with van der Waals surface area (Å²) in [5.74, 6) is -0.457. The van der Waals surface area contributed by atoms with Crippen LogP contribution < -0.4 is 20.7 Å². The lowest BCUT2D eigenvalue weighted by molar-refractivity contribution is -0.115. The van der Waals surface area contributed by atoms with Crippen LogP contribution in [0.15, 0.2) is 119 Å². The third-order valence-corrected chi connectivity index (χ3v) is 8.71. The third kappa shape index (κ3) is 8.85. The highest BCUT2D eigenvalue weighted by Gasteiger charge is 2.18. The number of ether oxygens (including phenoxy) is 1. The number of carbonyl (C=O) groups is 3. The molecule has 0 saturated carbocycles. The van der Waals surface area contributed by atoms with Gasteiger partial charge in [0.05, 0.1) is 18.1 Å². The molecule has 1 unspecified atom stereocenters. The van der Waals surface area contributed by atoms with E-state index in [0.717, 1.165) is 16.2 Å². The number of nitrogens with one attached hydrogen (secondary N) is 3. The molecule has 11 heteroatoms. The van der Waals surface area contributed by atoms with Gasteiger partial charge >= 0.3 is 0 Å². The van der Waals surface area contributed by atoms with Crippen molar-refractivity contribution < 1.29 is 19.1 Å². The van der Waals surface area contributed by atoms with Crippen molar-refractivity contribution in [1.82, 2.24) is 10.3 Å². The van der Waals surface area contributed by atoms with Crippen LogP contribution in [-0.2, 0) is 9.59 Å². The van der Waals surface area contributed by atoms with E-state index < -0.39 is 17.1 Å². The van der Waals surface area contributed by atoms with Gasteiger partial charge in [-0.2, -0.15) is 0 Å². The first-order valence-electron chi connectivity index (χ1n) is 14.1. The van der Waals surface area contributed by atoms with Crippen LogP contribution in [0.4, 0.5) is 10.8 Å². The summed E-state index contributed by atoms with van der Waals surface area (Å²) >= 11 is 8.67. The largest absolute Gasteiger partial charge is 0.497 e. The third-order valence-electron chi connectivity index (χ3n) is 6.60. The Morgan fingerprint density at radius 3 is 2.37 bits per heavy atom. The minimum Gasteiger partial charge on any atom is -0.497 e. The molecule has 4 aromatic carbocycles. The number of methoxy groups -OCH3 is 1. The number of anilines is 2. The number of rotatable bonds is 11. The number of hydrogen-bond acceptors (Lipinski definition) is 7. The second-order valence-electron chi connectivity index (χ2n) is 9.93. The van der Waals surface area contributed by atoms with E-state index in [9.17, 15) is 14.4 Å². The normalized spacial score (nSPS) is 11.8. The van der Waals surface area contributed by atoms with Crippen molar-refractivity contribution in [1.29, 1.82) is 0 Å². The number of thiazole rings is 1. The number of thioether (sulfide) groups is 1. The number of hydrogen-bond donors (Lipinski definition) is 3. The van der Waals surface area contributed by atoms with Gasteiger partial charge in [-0.1, -0.05) is 60.1 Å². The summed E-state index contributed by atoms with van der Waals surface area (Å²) in [6.45, 7) is 1.80. The van der Waals surface area contributed by atoms with E-state index in [1.165, 1.54) is 23.1 Å². The Morgan fingerprint density at radius 1 is 0.913 bits per heavy atom. The zero-order chi connectivity index (χ0) is 32.5. The molecule has 1 atom stereocenters. The lowest BCUT2D eigenvalue weighted by Gasteiger charge is -2.14. The van der Waals surface area contributed by atoms with Crippen LogP contribution in [-0.4, -0.2) is 35.1 Å². The highest BCUT2D eigenvalue weighted by Crippen LogP contribution is 2.29. The molecular formula is C35H29ClN4O4S2. The molecule has 0 aliphatic rings. The Morgan fingerprint density at radius 2 is 1.65 bits per heavy atom. The first kappa shape index (κ1) is 32.5. The van der Waals surface area contributed by atoms with Gasteiger partial charge in [-0.05, 0) is 73.2 Å². The van der Waals surface area contributed by atoms with Crippen LogP contribution in [0, 0.1) is 0 Å². The summed E-state index contributed by atoms with van der Waals surface area (Å²) in [7, 11) is 1.57. The molecule has 1 aromatic heterocycles. The number of aromatic nitrogens is 1. The van der Waals surface area contributed by atoms with Gasteiger partial charge in [0.2, 0.25) is 5.91 Å². The number of nitrogens with zero attached hydrogens (tertiary/aromatic N) is 1. The van der Waals surface area contributed by atoms with E-state index in [-0.39, 0.29) is 11.6 Å². The van der Waals surface area contributed by atoms with Crippen molar-refractivity contribution in [3.8, 4) is 17.0 Å². The van der Waals surface area contributed by atoms with Crippen molar-refractivity contribution in [2.75, 3.05) is 17.7 Å². The van der Waals surface area contributed by atoms with Gasteiger partial charge in [0.1, 0.15) is 11.4 Å². The Bertz CT molecular complexity index is 1860. The molecule has 0 bridgehead atoms. The predicted octanol–water partition coefficient (Wildman–Crippen LogP) is 8.00. The van der Waals surface area contributed by atoms with Gasteiger partial charge in [-0.25, -0.2) is 4.98 Å². The number of halogens is 1. The molecule has 0 spiro atoms.